The average Bonchev–Trinajstić information content (AvgIpc) is 2.53. The van der Waals surface area contributed by atoms with E-state index in [1.807, 2.05) is 17.6 Å². The molecule has 0 aliphatic carbocycles. The maximum absolute atomic E-state index is 12.0. The maximum atomic E-state index is 12.0. The Morgan fingerprint density at radius 1 is 1.38 bits per heavy atom. The molecule has 4 nitrogen and oxygen atoms in total. The van der Waals surface area contributed by atoms with E-state index >= 15 is 0 Å². The Hall–Kier alpha value is -2.25. The van der Waals surface area contributed by atoms with Crippen LogP contribution in [-0.4, -0.2) is 4.57 Å². The van der Waals surface area contributed by atoms with Gasteiger partial charge in [0.1, 0.15) is 6.61 Å². The summed E-state index contributed by atoms with van der Waals surface area (Å²) < 4.78 is 7.46. The molecule has 0 fully saturated rings. The highest BCUT2D eigenvalue weighted by atomic mass is 35.5. The number of halogens is 1. The second kappa shape index (κ2) is 6.96. The number of ether oxygens (including phenoxy) is 1. The summed E-state index contributed by atoms with van der Waals surface area (Å²) in [4.78, 5) is 12.0. The molecular formula is C16H15ClN2O2. The quantitative estimate of drug-likeness (QED) is 0.798. The zero-order chi connectivity index (χ0) is 15.2. The molecule has 2 aromatic rings. The zero-order valence-corrected chi connectivity index (χ0v) is 12.4. The number of nitrogens with zero attached hydrogens (tertiary/aromatic N) is 2. The predicted octanol–water partition coefficient (Wildman–Crippen LogP) is 3.06. The first-order valence-electron chi connectivity index (χ1n) is 6.59. The second-order valence-electron chi connectivity index (χ2n) is 4.51. The van der Waals surface area contributed by atoms with E-state index in [1.165, 1.54) is 6.07 Å². The minimum atomic E-state index is -0.188. The monoisotopic (exact) mass is 302 g/mol. The van der Waals surface area contributed by atoms with Crippen molar-refractivity contribution >= 4 is 11.6 Å². The zero-order valence-electron chi connectivity index (χ0n) is 11.7. The van der Waals surface area contributed by atoms with Gasteiger partial charge in [-0.05, 0) is 24.6 Å². The highest BCUT2D eigenvalue weighted by Crippen LogP contribution is 2.12. The van der Waals surface area contributed by atoms with Crippen molar-refractivity contribution in [2.45, 2.75) is 26.0 Å². The lowest BCUT2D eigenvalue weighted by molar-refractivity contribution is 0.300. The lowest BCUT2D eigenvalue weighted by Gasteiger charge is -2.12. The molecule has 0 spiro atoms. The molecule has 0 aliphatic heterocycles. The van der Waals surface area contributed by atoms with Gasteiger partial charge in [-0.1, -0.05) is 12.1 Å². The van der Waals surface area contributed by atoms with Crippen molar-refractivity contribution in [3.8, 4) is 11.8 Å². The molecule has 21 heavy (non-hydrogen) atoms. The summed E-state index contributed by atoms with van der Waals surface area (Å²) in [7, 11) is 0. The Bertz CT molecular complexity index is 732. The largest absolute Gasteiger partial charge is 0.483 e. The van der Waals surface area contributed by atoms with Crippen LogP contribution >= 0.6 is 11.6 Å². The fourth-order valence-corrected chi connectivity index (χ4v) is 2.23. The minimum absolute atomic E-state index is 0.188. The maximum Gasteiger partial charge on any atom is 0.223 e. The van der Waals surface area contributed by atoms with Crippen LogP contribution in [0.25, 0.3) is 0 Å². The van der Waals surface area contributed by atoms with Crippen LogP contribution in [0.1, 0.15) is 23.7 Å². The van der Waals surface area contributed by atoms with Crippen molar-refractivity contribution in [1.82, 2.24) is 4.57 Å². The Morgan fingerprint density at radius 2 is 2.19 bits per heavy atom. The molecular weight excluding hydrogens is 288 g/mol. The van der Waals surface area contributed by atoms with Gasteiger partial charge in [-0.2, -0.15) is 5.26 Å². The Kier molecular flexibility index (Phi) is 5.02. The van der Waals surface area contributed by atoms with E-state index in [-0.39, 0.29) is 23.7 Å². The molecule has 0 saturated heterocycles. The number of benzene rings is 1. The number of hydrogen-bond acceptors (Lipinski definition) is 3. The predicted molar refractivity (Wildman–Crippen MR) is 81.4 cm³/mol. The first-order chi connectivity index (χ1) is 10.2. The molecule has 0 amide bonds. The van der Waals surface area contributed by atoms with E-state index in [1.54, 1.807) is 24.4 Å². The summed E-state index contributed by atoms with van der Waals surface area (Å²) in [5.74, 6) is 0.571. The minimum Gasteiger partial charge on any atom is -0.483 e. The van der Waals surface area contributed by atoms with Crippen LogP contribution in [0.5, 0.6) is 5.75 Å². The SMILES string of the molecule is CCn1cc(OCc2cccc(C#N)c2)c(=O)cc1CCl. The van der Waals surface area contributed by atoms with Crippen LogP contribution in [0.15, 0.2) is 41.3 Å². The Balaban J connectivity index is 2.20. The molecule has 0 aliphatic rings. The second-order valence-corrected chi connectivity index (χ2v) is 4.78. The van der Waals surface area contributed by atoms with Gasteiger partial charge in [-0.3, -0.25) is 4.79 Å². The first kappa shape index (κ1) is 15.1. The number of nitriles is 1. The van der Waals surface area contributed by atoms with Crippen molar-refractivity contribution in [3.05, 3.63) is 63.6 Å². The third-order valence-corrected chi connectivity index (χ3v) is 3.38. The summed E-state index contributed by atoms with van der Waals surface area (Å²) in [6.07, 6.45) is 1.67. The number of aromatic nitrogens is 1. The molecule has 0 bridgehead atoms. The van der Waals surface area contributed by atoms with Crippen LogP contribution in [0.4, 0.5) is 0 Å². The fraction of sp³-hybridized carbons (Fsp3) is 0.250. The molecule has 0 unspecified atom stereocenters. The summed E-state index contributed by atoms with van der Waals surface area (Å²) >= 11 is 5.81. The molecule has 0 atom stereocenters. The number of aryl methyl sites for hydroxylation is 1. The molecule has 2 rings (SSSR count). The molecule has 1 heterocycles. The van der Waals surface area contributed by atoms with Crippen LogP contribution in [0, 0.1) is 11.3 Å². The van der Waals surface area contributed by atoms with Gasteiger partial charge < -0.3 is 9.30 Å². The van der Waals surface area contributed by atoms with Gasteiger partial charge in [-0.25, -0.2) is 0 Å². The van der Waals surface area contributed by atoms with Crippen LogP contribution in [-0.2, 0) is 19.0 Å². The van der Waals surface area contributed by atoms with Crippen LogP contribution < -0.4 is 10.2 Å². The van der Waals surface area contributed by atoms with Crippen molar-refractivity contribution in [1.29, 1.82) is 5.26 Å². The van der Waals surface area contributed by atoms with E-state index in [0.717, 1.165) is 11.3 Å². The van der Waals surface area contributed by atoms with Gasteiger partial charge in [-0.15, -0.1) is 11.6 Å². The molecule has 0 N–H and O–H groups in total. The van der Waals surface area contributed by atoms with E-state index in [4.69, 9.17) is 21.6 Å². The lowest BCUT2D eigenvalue weighted by atomic mass is 10.1. The Labute approximate surface area is 128 Å². The molecule has 0 saturated carbocycles. The van der Waals surface area contributed by atoms with Gasteiger partial charge >= 0.3 is 0 Å². The van der Waals surface area contributed by atoms with Gasteiger partial charge in [0, 0.05) is 18.3 Å². The normalized spacial score (nSPS) is 10.1. The molecule has 1 aromatic heterocycles. The Morgan fingerprint density at radius 3 is 2.86 bits per heavy atom. The van der Waals surface area contributed by atoms with E-state index in [0.29, 0.717) is 12.1 Å². The number of hydrogen-bond donors (Lipinski definition) is 0. The molecule has 0 radical (unpaired) electrons. The third kappa shape index (κ3) is 3.65. The smallest absolute Gasteiger partial charge is 0.223 e. The van der Waals surface area contributed by atoms with Crippen molar-refractivity contribution in [2.24, 2.45) is 0 Å². The summed E-state index contributed by atoms with van der Waals surface area (Å²) in [6.45, 7) is 2.93. The summed E-state index contributed by atoms with van der Waals surface area (Å²) in [6, 6.07) is 10.7. The topological polar surface area (TPSA) is 55.0 Å². The van der Waals surface area contributed by atoms with Gasteiger partial charge in [0.15, 0.2) is 5.75 Å². The van der Waals surface area contributed by atoms with Gasteiger partial charge in [0.25, 0.3) is 0 Å². The van der Waals surface area contributed by atoms with Crippen molar-refractivity contribution in [3.63, 3.8) is 0 Å². The summed E-state index contributed by atoms with van der Waals surface area (Å²) in [5, 5.41) is 8.86. The highest BCUT2D eigenvalue weighted by molar-refractivity contribution is 6.16. The average molecular weight is 303 g/mol. The number of rotatable bonds is 5. The van der Waals surface area contributed by atoms with E-state index in [9.17, 15) is 4.79 Å². The fourth-order valence-electron chi connectivity index (χ4n) is 2.00. The van der Waals surface area contributed by atoms with Crippen LogP contribution in [0.3, 0.4) is 0 Å². The van der Waals surface area contributed by atoms with Crippen LogP contribution in [0.2, 0.25) is 0 Å². The first-order valence-corrected chi connectivity index (χ1v) is 7.12. The van der Waals surface area contributed by atoms with E-state index < -0.39 is 0 Å². The molecule has 5 heteroatoms. The van der Waals surface area contributed by atoms with Gasteiger partial charge in [0.05, 0.1) is 23.7 Å². The number of alkyl halides is 1. The third-order valence-electron chi connectivity index (χ3n) is 3.11. The van der Waals surface area contributed by atoms with Crippen molar-refractivity contribution in [2.75, 3.05) is 0 Å². The molecule has 108 valence electrons. The lowest BCUT2D eigenvalue weighted by Crippen LogP contribution is -2.14. The van der Waals surface area contributed by atoms with E-state index in [2.05, 4.69) is 6.07 Å². The van der Waals surface area contributed by atoms with Crippen molar-refractivity contribution < 1.29 is 4.74 Å². The highest BCUT2D eigenvalue weighted by Gasteiger charge is 2.07. The van der Waals surface area contributed by atoms with Gasteiger partial charge in [0.2, 0.25) is 5.43 Å². The molecule has 1 aromatic carbocycles. The summed E-state index contributed by atoms with van der Waals surface area (Å²) in [5.41, 5.74) is 1.99. The number of pyridine rings is 1. The standard InChI is InChI=1S/C16H15ClN2O2/c1-2-19-10-16(15(20)7-14(19)8-17)21-11-13-5-3-4-12(6-13)9-18/h3-7,10H,2,8,11H2,1H3.